The molecule has 1 aliphatic heterocycles. The summed E-state index contributed by atoms with van der Waals surface area (Å²) in [5, 5.41) is 0. The van der Waals surface area contributed by atoms with Gasteiger partial charge in [-0.1, -0.05) is 19.8 Å². The summed E-state index contributed by atoms with van der Waals surface area (Å²) in [5.74, 6) is 1.55. The molecular weight excluding hydrogens is 226 g/mol. The first kappa shape index (κ1) is 14.0. The monoisotopic (exact) mass is 253 g/mol. The van der Waals surface area contributed by atoms with E-state index in [1.807, 2.05) is 0 Å². The summed E-state index contributed by atoms with van der Waals surface area (Å²) >= 11 is 0. The van der Waals surface area contributed by atoms with Crippen molar-refractivity contribution in [3.05, 3.63) is 0 Å². The zero-order chi connectivity index (χ0) is 13.2. The molecule has 2 rings (SSSR count). The van der Waals surface area contributed by atoms with Crippen LogP contribution in [0.2, 0.25) is 0 Å². The van der Waals surface area contributed by atoms with Crippen molar-refractivity contribution in [2.24, 2.45) is 11.8 Å². The molecule has 0 aromatic rings. The van der Waals surface area contributed by atoms with Crippen LogP contribution >= 0.6 is 0 Å². The second kappa shape index (κ2) is 5.70. The molecular formula is C15H27NO2. The number of ketones is 1. The van der Waals surface area contributed by atoms with E-state index in [0.717, 1.165) is 45.1 Å². The number of morpholine rings is 1. The lowest BCUT2D eigenvalue weighted by molar-refractivity contribution is -0.137. The van der Waals surface area contributed by atoms with E-state index in [1.165, 1.54) is 12.8 Å². The van der Waals surface area contributed by atoms with Crippen LogP contribution in [0.15, 0.2) is 0 Å². The number of hydrogen-bond acceptors (Lipinski definition) is 3. The molecule has 0 bridgehead atoms. The maximum absolute atomic E-state index is 12.7. The Hall–Kier alpha value is -0.410. The van der Waals surface area contributed by atoms with E-state index in [2.05, 4.69) is 25.7 Å². The van der Waals surface area contributed by atoms with Crippen molar-refractivity contribution >= 4 is 5.78 Å². The molecule has 104 valence electrons. The van der Waals surface area contributed by atoms with Crippen LogP contribution in [0.25, 0.3) is 0 Å². The number of ether oxygens (including phenoxy) is 1. The van der Waals surface area contributed by atoms with Gasteiger partial charge in [-0.3, -0.25) is 9.69 Å². The Kier molecular flexibility index (Phi) is 4.44. The second-order valence-electron chi connectivity index (χ2n) is 6.48. The predicted molar refractivity (Wildman–Crippen MR) is 72.6 cm³/mol. The average Bonchev–Trinajstić information content (AvgIpc) is 2.40. The average molecular weight is 253 g/mol. The van der Waals surface area contributed by atoms with Crippen molar-refractivity contribution in [2.75, 3.05) is 26.3 Å². The van der Waals surface area contributed by atoms with Gasteiger partial charge < -0.3 is 4.74 Å². The van der Waals surface area contributed by atoms with Gasteiger partial charge in [-0.05, 0) is 32.6 Å². The summed E-state index contributed by atoms with van der Waals surface area (Å²) in [6, 6.07) is 0. The van der Waals surface area contributed by atoms with E-state index in [0.29, 0.717) is 11.7 Å². The van der Waals surface area contributed by atoms with Crippen molar-refractivity contribution in [3.8, 4) is 0 Å². The summed E-state index contributed by atoms with van der Waals surface area (Å²) in [6.45, 7) is 9.80. The fourth-order valence-electron chi connectivity index (χ4n) is 3.30. The molecule has 3 heteroatoms. The highest BCUT2D eigenvalue weighted by Crippen LogP contribution is 2.33. The third kappa shape index (κ3) is 2.94. The summed E-state index contributed by atoms with van der Waals surface area (Å²) in [4.78, 5) is 15.0. The SMILES string of the molecule is CC1CCC(C(=O)C(C)(C)N2CCOCC2)CC1. The third-order valence-corrected chi connectivity index (χ3v) is 4.79. The van der Waals surface area contributed by atoms with Crippen LogP contribution in [0.1, 0.15) is 46.5 Å². The van der Waals surface area contributed by atoms with Gasteiger partial charge in [0.25, 0.3) is 0 Å². The Bertz CT molecular complexity index is 287. The van der Waals surface area contributed by atoms with Crippen LogP contribution in [-0.2, 0) is 9.53 Å². The number of hydrogen-bond donors (Lipinski definition) is 0. The Morgan fingerprint density at radius 1 is 1.11 bits per heavy atom. The maximum atomic E-state index is 12.7. The molecule has 2 aliphatic rings. The van der Waals surface area contributed by atoms with E-state index in [9.17, 15) is 4.79 Å². The lowest BCUT2D eigenvalue weighted by Gasteiger charge is -2.42. The normalized spacial score (nSPS) is 31.3. The molecule has 0 spiro atoms. The van der Waals surface area contributed by atoms with Crippen molar-refractivity contribution in [1.82, 2.24) is 4.90 Å². The molecule has 1 aliphatic carbocycles. The highest BCUT2D eigenvalue weighted by molar-refractivity contribution is 5.89. The predicted octanol–water partition coefficient (Wildman–Crippen LogP) is 2.49. The van der Waals surface area contributed by atoms with Crippen molar-refractivity contribution in [1.29, 1.82) is 0 Å². The molecule has 0 unspecified atom stereocenters. The molecule has 0 aromatic carbocycles. The molecule has 0 atom stereocenters. The molecule has 0 N–H and O–H groups in total. The van der Waals surface area contributed by atoms with E-state index in [-0.39, 0.29) is 5.54 Å². The molecule has 1 saturated heterocycles. The smallest absolute Gasteiger partial charge is 0.155 e. The Morgan fingerprint density at radius 2 is 1.67 bits per heavy atom. The standard InChI is InChI=1S/C15H27NO2/c1-12-4-6-13(7-5-12)14(17)15(2,3)16-8-10-18-11-9-16/h12-13H,4-11H2,1-3H3. The van der Waals surface area contributed by atoms with E-state index >= 15 is 0 Å². The van der Waals surface area contributed by atoms with Gasteiger partial charge in [-0.25, -0.2) is 0 Å². The lowest BCUT2D eigenvalue weighted by atomic mass is 9.76. The fraction of sp³-hybridized carbons (Fsp3) is 0.933. The van der Waals surface area contributed by atoms with Crippen LogP contribution in [-0.4, -0.2) is 42.5 Å². The zero-order valence-corrected chi connectivity index (χ0v) is 12.1. The Labute approximate surface area is 111 Å². The van der Waals surface area contributed by atoms with Crippen molar-refractivity contribution < 1.29 is 9.53 Å². The van der Waals surface area contributed by atoms with Crippen molar-refractivity contribution in [3.63, 3.8) is 0 Å². The number of rotatable bonds is 3. The zero-order valence-electron chi connectivity index (χ0n) is 12.1. The summed E-state index contributed by atoms with van der Waals surface area (Å²) < 4.78 is 5.38. The maximum Gasteiger partial charge on any atom is 0.155 e. The van der Waals surface area contributed by atoms with Crippen LogP contribution in [0.3, 0.4) is 0 Å². The molecule has 0 aromatic heterocycles. The number of carbonyl (C=O) groups is 1. The number of Topliss-reactive ketones (excluding diaryl/α,β-unsaturated/α-hetero) is 1. The van der Waals surface area contributed by atoms with E-state index < -0.39 is 0 Å². The first-order valence-corrected chi connectivity index (χ1v) is 7.39. The summed E-state index contributed by atoms with van der Waals surface area (Å²) in [6.07, 6.45) is 4.62. The van der Waals surface area contributed by atoms with Gasteiger partial charge in [0.2, 0.25) is 0 Å². The molecule has 1 heterocycles. The van der Waals surface area contributed by atoms with Gasteiger partial charge in [0.1, 0.15) is 0 Å². The van der Waals surface area contributed by atoms with Crippen LogP contribution in [0.5, 0.6) is 0 Å². The minimum absolute atomic E-state index is 0.291. The summed E-state index contributed by atoms with van der Waals surface area (Å²) in [5.41, 5.74) is -0.310. The Morgan fingerprint density at radius 3 is 2.22 bits per heavy atom. The lowest BCUT2D eigenvalue weighted by Crippen LogP contribution is -2.56. The van der Waals surface area contributed by atoms with Crippen LogP contribution in [0, 0.1) is 11.8 Å². The second-order valence-corrected chi connectivity index (χ2v) is 6.48. The molecule has 18 heavy (non-hydrogen) atoms. The molecule has 0 radical (unpaired) electrons. The quantitative estimate of drug-likeness (QED) is 0.774. The number of nitrogens with zero attached hydrogens (tertiary/aromatic N) is 1. The fourth-order valence-corrected chi connectivity index (χ4v) is 3.30. The topological polar surface area (TPSA) is 29.5 Å². The van der Waals surface area contributed by atoms with Gasteiger partial charge in [0, 0.05) is 19.0 Å². The highest BCUT2D eigenvalue weighted by Gasteiger charge is 2.39. The largest absolute Gasteiger partial charge is 0.379 e. The van der Waals surface area contributed by atoms with Gasteiger partial charge in [-0.2, -0.15) is 0 Å². The van der Waals surface area contributed by atoms with E-state index in [1.54, 1.807) is 0 Å². The van der Waals surface area contributed by atoms with Gasteiger partial charge in [0.05, 0.1) is 18.8 Å². The van der Waals surface area contributed by atoms with Crippen LogP contribution in [0.4, 0.5) is 0 Å². The first-order chi connectivity index (χ1) is 8.51. The minimum Gasteiger partial charge on any atom is -0.379 e. The minimum atomic E-state index is -0.310. The van der Waals surface area contributed by atoms with Gasteiger partial charge in [-0.15, -0.1) is 0 Å². The third-order valence-electron chi connectivity index (χ3n) is 4.79. The van der Waals surface area contributed by atoms with Crippen LogP contribution < -0.4 is 0 Å². The summed E-state index contributed by atoms with van der Waals surface area (Å²) in [7, 11) is 0. The molecule has 2 fully saturated rings. The molecule has 0 amide bonds. The van der Waals surface area contributed by atoms with Gasteiger partial charge >= 0.3 is 0 Å². The Balaban J connectivity index is 1.97. The first-order valence-electron chi connectivity index (χ1n) is 7.39. The highest BCUT2D eigenvalue weighted by atomic mass is 16.5. The van der Waals surface area contributed by atoms with E-state index in [4.69, 9.17) is 4.74 Å². The van der Waals surface area contributed by atoms with Gasteiger partial charge in [0.15, 0.2) is 5.78 Å². The van der Waals surface area contributed by atoms with Crippen molar-refractivity contribution in [2.45, 2.75) is 52.0 Å². The number of carbonyl (C=O) groups excluding carboxylic acids is 1. The molecule has 1 saturated carbocycles. The molecule has 3 nitrogen and oxygen atoms in total.